The zero-order valence-corrected chi connectivity index (χ0v) is 45.7. The van der Waals surface area contributed by atoms with Crippen molar-refractivity contribution < 1.29 is 27.6 Å². The van der Waals surface area contributed by atoms with Crippen molar-refractivity contribution in [2.24, 2.45) is 0 Å². The molecule has 8 aromatic carbocycles. The molecule has 0 aliphatic rings. The number of hydrogen-bond donors (Lipinski definition) is 4. The van der Waals surface area contributed by atoms with Crippen molar-refractivity contribution in [2.75, 3.05) is 0 Å². The van der Waals surface area contributed by atoms with E-state index in [1.165, 1.54) is 5.56 Å². The summed E-state index contributed by atoms with van der Waals surface area (Å²) in [7, 11) is 0. The van der Waals surface area contributed by atoms with Gasteiger partial charge in [-0.1, -0.05) is 129 Å². The molecule has 0 atom stereocenters. The second-order valence-corrected chi connectivity index (χ2v) is 19.0. The fourth-order valence-corrected chi connectivity index (χ4v) is 10.1. The van der Waals surface area contributed by atoms with Crippen molar-refractivity contribution in [3.05, 3.63) is 230 Å². The number of aryl methyl sites for hydroxylation is 3. The minimum Gasteiger partial charge on any atom is -0.481 e. The summed E-state index contributed by atoms with van der Waals surface area (Å²) in [4.78, 5) is 58.6. The molecule has 81 heavy (non-hydrogen) atoms. The van der Waals surface area contributed by atoms with Crippen LogP contribution in [0.15, 0.2) is 214 Å². The summed E-state index contributed by atoms with van der Waals surface area (Å²) in [6.07, 6.45) is 0. The van der Waals surface area contributed by atoms with E-state index >= 15 is 0 Å². The van der Waals surface area contributed by atoms with Crippen LogP contribution in [0.3, 0.4) is 0 Å². The Kier molecular flexibility index (Phi) is 15.1. The lowest BCUT2D eigenvalue weighted by Crippen LogP contribution is -2.05. The van der Waals surface area contributed by atoms with Crippen molar-refractivity contribution in [3.63, 3.8) is 0 Å². The summed E-state index contributed by atoms with van der Waals surface area (Å²) in [5, 5.41) is 18.2. The lowest BCUT2D eigenvalue weighted by Gasteiger charge is -2.01. The molecule has 0 saturated carbocycles. The maximum Gasteiger partial charge on any atom is 0.300 e. The number of aromatic amines is 3. The molecule has 16 rings (SSSR count). The largest absolute Gasteiger partial charge is 0.481 e. The first kappa shape index (κ1) is 54.1. The van der Waals surface area contributed by atoms with Gasteiger partial charge in [0.25, 0.3) is 22.6 Å². The zero-order chi connectivity index (χ0) is 55.8. The van der Waals surface area contributed by atoms with Crippen LogP contribution in [-0.2, 0) is 4.79 Å². The van der Waals surface area contributed by atoms with Crippen LogP contribution in [0.25, 0.3) is 131 Å². The number of fused-ring (bicyclic) bond motifs is 20. The summed E-state index contributed by atoms with van der Waals surface area (Å²) >= 11 is 0. The van der Waals surface area contributed by atoms with Crippen molar-refractivity contribution in [1.29, 1.82) is 0 Å². The fourth-order valence-electron chi connectivity index (χ4n) is 10.1. The van der Waals surface area contributed by atoms with Gasteiger partial charge < -0.3 is 37.7 Å². The monoisotopic (exact) mass is 1090 g/mol. The minimum atomic E-state index is -0.833. The average Bonchev–Trinajstić information content (AvgIpc) is 4.35. The van der Waals surface area contributed by atoms with E-state index in [2.05, 4.69) is 59.1 Å². The molecule has 13 nitrogen and oxygen atoms in total. The number of halogens is 1. The molecule has 0 aliphatic carbocycles. The number of aliphatic carboxylic acids is 1. The summed E-state index contributed by atoms with van der Waals surface area (Å²) in [5.41, 5.74) is 12.9. The van der Waals surface area contributed by atoms with Gasteiger partial charge in [0.1, 0.15) is 27.8 Å². The first-order valence-electron chi connectivity index (χ1n) is 26.1. The van der Waals surface area contributed by atoms with Crippen LogP contribution in [-0.4, -0.2) is 31.0 Å². The minimum absolute atomic E-state index is 0. The molecule has 16 aromatic rings. The van der Waals surface area contributed by atoms with Gasteiger partial charge >= 0.3 is 0 Å². The first-order chi connectivity index (χ1) is 38.9. The number of furan rings is 4. The molecule has 0 aliphatic heterocycles. The van der Waals surface area contributed by atoms with Crippen molar-refractivity contribution in [2.45, 2.75) is 41.5 Å². The Morgan fingerprint density at radius 2 is 0.667 bits per heavy atom. The van der Waals surface area contributed by atoms with Gasteiger partial charge in [-0.15, -0.1) is 12.4 Å². The number of carboxylic acid groups (broad SMARTS) is 1. The maximum atomic E-state index is 12.1. The van der Waals surface area contributed by atoms with E-state index < -0.39 is 5.97 Å². The van der Waals surface area contributed by atoms with Crippen LogP contribution >= 0.6 is 12.4 Å². The molecule has 8 heterocycles. The predicted octanol–water partition coefficient (Wildman–Crippen LogP) is 16.9. The smallest absolute Gasteiger partial charge is 0.300 e. The van der Waals surface area contributed by atoms with Crippen LogP contribution in [0.5, 0.6) is 0 Å². The van der Waals surface area contributed by atoms with Crippen LogP contribution in [0.2, 0.25) is 0 Å². The van der Waals surface area contributed by atoms with E-state index in [-0.39, 0.29) is 29.1 Å². The second-order valence-electron chi connectivity index (χ2n) is 19.0. The Morgan fingerprint density at radius 3 is 1.07 bits per heavy atom. The van der Waals surface area contributed by atoms with E-state index in [4.69, 9.17) is 32.6 Å². The number of para-hydroxylation sites is 2. The summed E-state index contributed by atoms with van der Waals surface area (Å²) in [6.45, 7) is 11.2. The third kappa shape index (κ3) is 10.1. The molecule has 0 spiro atoms. The molecular formula is C67H53ClN4O9. The maximum absolute atomic E-state index is 12.1. The average molecular weight is 1090 g/mol. The Morgan fingerprint density at radius 1 is 0.383 bits per heavy atom. The normalized spacial score (nSPS) is 11.0. The topological polar surface area (TPSA) is 201 Å². The van der Waals surface area contributed by atoms with Crippen LogP contribution in [0.1, 0.15) is 37.6 Å². The van der Waals surface area contributed by atoms with Crippen molar-refractivity contribution in [1.82, 2.24) is 19.9 Å². The van der Waals surface area contributed by atoms with Crippen molar-refractivity contribution >= 4 is 150 Å². The second kappa shape index (κ2) is 22.6. The number of benzene rings is 8. The molecule has 0 unspecified atom stereocenters. The molecule has 8 aromatic heterocycles. The standard InChI is InChI=1S/C17H13NO.C16H11NO2.2C15H9NO2.C2H4O2.C2H6.ClH/c1-10-7-8-14-15(9-10)19-17-13-6-4-3-5-12(13)11(2)18-16(14)17;1-9-6-7-12-13(8-9)19-15-10-4-2-3-5-11(10)16(18)17-14(12)15;2*17-15-10-6-2-1-5-9(10)14-13(16-15)11-7-3-4-8-12(11)18-14;1-2(3)4;1-2;/h3-9H,1-2H3;2-8H,1H3,(H,17,18);2*1-8H,(H,16,17);1H3,(H,3,4);1-2H3;1H. The molecular weight excluding hydrogens is 1040 g/mol. The number of H-pyrrole nitrogens is 3. The van der Waals surface area contributed by atoms with E-state index in [1.807, 2.05) is 160 Å². The highest BCUT2D eigenvalue weighted by molar-refractivity contribution is 6.16. The molecule has 0 amide bonds. The highest BCUT2D eigenvalue weighted by atomic mass is 35.5. The zero-order valence-electron chi connectivity index (χ0n) is 44.9. The van der Waals surface area contributed by atoms with E-state index in [0.29, 0.717) is 16.2 Å². The Bertz CT molecular complexity index is 5070. The predicted molar refractivity (Wildman–Crippen MR) is 331 cm³/mol. The Balaban J connectivity index is 0.000000117. The third-order valence-corrected chi connectivity index (χ3v) is 13.7. The Labute approximate surface area is 466 Å². The summed E-state index contributed by atoms with van der Waals surface area (Å²) in [5.74, 6) is -0.833. The van der Waals surface area contributed by atoms with Crippen LogP contribution in [0.4, 0.5) is 0 Å². The number of nitrogens with one attached hydrogen (secondary N) is 3. The third-order valence-electron chi connectivity index (χ3n) is 13.7. The number of carboxylic acids is 1. The first-order valence-corrected chi connectivity index (χ1v) is 26.1. The van der Waals surface area contributed by atoms with Crippen molar-refractivity contribution in [3.8, 4) is 0 Å². The van der Waals surface area contributed by atoms with Gasteiger partial charge in [-0.3, -0.25) is 19.2 Å². The fraction of sp³-hybridized carbons (Fsp3) is 0.0896. The molecule has 0 fully saturated rings. The highest BCUT2D eigenvalue weighted by Crippen LogP contribution is 2.36. The molecule has 14 heteroatoms. The SMILES string of the molecule is CC.CC(=O)O.Cc1ccc2c(c1)oc1c3ccccc3c(=O)[nH]c21.Cc1ccc2c(c1)oc1c3ccccc3c(C)nc21.Cl.O=c1[nH]c2c3ccccc3oc2c2ccccc12.O=c1[nH]c2c3ccccc3oc2c2ccccc12. The summed E-state index contributed by atoms with van der Waals surface area (Å²) in [6, 6.07) is 58.4. The van der Waals surface area contributed by atoms with Gasteiger partial charge in [0.15, 0.2) is 22.3 Å². The number of pyridine rings is 4. The number of aromatic nitrogens is 4. The van der Waals surface area contributed by atoms with E-state index in [9.17, 15) is 14.4 Å². The van der Waals surface area contributed by atoms with Gasteiger partial charge in [-0.2, -0.15) is 0 Å². The molecule has 402 valence electrons. The molecule has 4 N–H and O–H groups in total. The lowest BCUT2D eigenvalue weighted by atomic mass is 10.1. The molecule has 0 bridgehead atoms. The van der Waals surface area contributed by atoms with Gasteiger partial charge in [-0.25, -0.2) is 4.98 Å². The number of hydrogen-bond acceptors (Lipinski definition) is 9. The Hall–Kier alpha value is -10.2. The van der Waals surface area contributed by atoms with Gasteiger partial charge in [0.05, 0.1) is 32.7 Å². The quantitative estimate of drug-likeness (QED) is 0.113. The van der Waals surface area contributed by atoms with Gasteiger partial charge in [-0.05, 0) is 98.6 Å². The summed E-state index contributed by atoms with van der Waals surface area (Å²) < 4.78 is 23.7. The highest BCUT2D eigenvalue weighted by Gasteiger charge is 2.16. The van der Waals surface area contributed by atoms with Gasteiger partial charge in [0.2, 0.25) is 0 Å². The lowest BCUT2D eigenvalue weighted by molar-refractivity contribution is -0.134. The number of rotatable bonds is 0. The van der Waals surface area contributed by atoms with Crippen LogP contribution < -0.4 is 16.7 Å². The van der Waals surface area contributed by atoms with E-state index in [1.54, 1.807) is 12.1 Å². The van der Waals surface area contributed by atoms with Gasteiger partial charge in [0, 0.05) is 61.1 Å². The van der Waals surface area contributed by atoms with E-state index in [0.717, 1.165) is 133 Å². The molecule has 0 radical (unpaired) electrons. The number of nitrogens with zero attached hydrogens (tertiary/aromatic N) is 1. The molecule has 0 saturated heterocycles. The number of carbonyl (C=O) groups is 1. The van der Waals surface area contributed by atoms with Crippen LogP contribution in [0, 0.1) is 20.8 Å².